The number of hydrogen-bond acceptors (Lipinski definition) is 4. The number of aryl methyl sites for hydroxylation is 1. The van der Waals surface area contributed by atoms with E-state index in [0.717, 1.165) is 23.8 Å². The Balaban J connectivity index is 2.06. The van der Waals surface area contributed by atoms with Crippen LogP contribution in [0.5, 0.6) is 5.75 Å². The molecule has 0 bridgehead atoms. The summed E-state index contributed by atoms with van der Waals surface area (Å²) in [7, 11) is -3.07. The minimum absolute atomic E-state index is 0.0775. The first-order valence-corrected chi connectivity index (χ1v) is 10.8. The van der Waals surface area contributed by atoms with Crippen molar-refractivity contribution in [2.45, 2.75) is 45.5 Å². The fraction of sp³-hybridized carbons (Fsp3) is 0.632. The molecule has 1 aliphatic heterocycles. The van der Waals surface area contributed by atoms with Crippen LogP contribution >= 0.6 is 0 Å². The van der Waals surface area contributed by atoms with Gasteiger partial charge in [0.1, 0.15) is 11.9 Å². The number of guanidine groups is 1. The topological polar surface area (TPSA) is 71.0 Å². The Hall–Kier alpha value is -1.76. The molecule has 1 heterocycles. The third kappa shape index (κ3) is 4.90. The summed E-state index contributed by atoms with van der Waals surface area (Å²) in [5, 5.41) is 3.27. The molecule has 0 radical (unpaired) electrons. The predicted octanol–water partition coefficient (Wildman–Crippen LogP) is 2.24. The van der Waals surface area contributed by atoms with E-state index in [1.54, 1.807) is 13.8 Å². The van der Waals surface area contributed by atoms with Crippen LogP contribution in [-0.4, -0.2) is 62.1 Å². The molecule has 0 spiro atoms. The Morgan fingerprint density at radius 2 is 2.08 bits per heavy atom. The molecular formula is C19H31N3O3S. The predicted molar refractivity (Wildman–Crippen MR) is 107 cm³/mol. The number of nitrogens with zero attached hydrogens (tertiary/aromatic N) is 2. The maximum Gasteiger partial charge on any atom is 0.194 e. The highest BCUT2D eigenvalue weighted by Crippen LogP contribution is 2.24. The molecule has 1 saturated heterocycles. The van der Waals surface area contributed by atoms with Crippen molar-refractivity contribution in [3.8, 4) is 5.75 Å². The molecular weight excluding hydrogens is 350 g/mol. The fourth-order valence-corrected chi connectivity index (χ4v) is 4.27. The summed E-state index contributed by atoms with van der Waals surface area (Å²) in [5.41, 5.74) is 1.10. The van der Waals surface area contributed by atoms with E-state index in [1.807, 2.05) is 49.9 Å². The van der Waals surface area contributed by atoms with Crippen LogP contribution in [-0.2, 0) is 9.84 Å². The van der Waals surface area contributed by atoms with E-state index in [9.17, 15) is 8.42 Å². The lowest BCUT2D eigenvalue weighted by atomic mass is 10.2. The molecule has 1 atom stereocenters. The van der Waals surface area contributed by atoms with Crippen LogP contribution in [0.1, 0.15) is 33.3 Å². The summed E-state index contributed by atoms with van der Waals surface area (Å²) in [5.74, 6) is 1.76. The molecule has 1 aromatic carbocycles. The standard InChI is InChI=1S/C19H31N3O3S/c1-6-20-18(22-11-12-26(23,24)19(4,5)14-22)21-13-16(3)25-17-10-8-7-9-15(17)2/h7-10,16H,6,11-14H2,1-5H3,(H,20,21). The molecule has 0 aromatic heterocycles. The third-order valence-corrected chi connectivity index (χ3v) is 7.13. The minimum atomic E-state index is -3.07. The zero-order chi connectivity index (χ0) is 19.4. The summed E-state index contributed by atoms with van der Waals surface area (Å²) >= 11 is 0. The van der Waals surface area contributed by atoms with Crippen molar-refractivity contribution in [2.24, 2.45) is 4.99 Å². The van der Waals surface area contributed by atoms with Crippen LogP contribution in [0.2, 0.25) is 0 Å². The number of hydrogen-bond donors (Lipinski definition) is 1. The van der Waals surface area contributed by atoms with Gasteiger partial charge in [-0.2, -0.15) is 0 Å². The minimum Gasteiger partial charge on any atom is -0.489 e. The number of benzene rings is 1. The van der Waals surface area contributed by atoms with E-state index in [4.69, 9.17) is 4.74 Å². The van der Waals surface area contributed by atoms with Crippen molar-refractivity contribution in [1.29, 1.82) is 0 Å². The van der Waals surface area contributed by atoms with Gasteiger partial charge in [-0.1, -0.05) is 18.2 Å². The maximum absolute atomic E-state index is 12.2. The summed E-state index contributed by atoms with van der Waals surface area (Å²) < 4.78 is 29.7. The van der Waals surface area contributed by atoms with Gasteiger partial charge in [0.25, 0.3) is 0 Å². The smallest absolute Gasteiger partial charge is 0.194 e. The van der Waals surface area contributed by atoms with Gasteiger partial charge in [-0.3, -0.25) is 0 Å². The van der Waals surface area contributed by atoms with E-state index >= 15 is 0 Å². The van der Waals surface area contributed by atoms with Crippen LogP contribution in [0.15, 0.2) is 29.3 Å². The molecule has 146 valence electrons. The molecule has 26 heavy (non-hydrogen) atoms. The molecule has 6 nitrogen and oxygen atoms in total. The fourth-order valence-electron chi connectivity index (χ4n) is 2.91. The number of nitrogens with one attached hydrogen (secondary N) is 1. The average Bonchev–Trinajstić information content (AvgIpc) is 2.56. The molecule has 1 aliphatic rings. The quantitative estimate of drug-likeness (QED) is 0.626. The van der Waals surface area contributed by atoms with Crippen LogP contribution in [0, 0.1) is 6.92 Å². The summed E-state index contributed by atoms with van der Waals surface area (Å²) in [6.45, 7) is 11.7. The lowest BCUT2D eigenvalue weighted by Gasteiger charge is -2.39. The molecule has 1 fully saturated rings. The van der Waals surface area contributed by atoms with E-state index < -0.39 is 14.6 Å². The Morgan fingerprint density at radius 1 is 1.38 bits per heavy atom. The number of sulfone groups is 1. The second kappa shape index (κ2) is 8.29. The van der Waals surface area contributed by atoms with E-state index in [0.29, 0.717) is 19.6 Å². The summed E-state index contributed by atoms with van der Waals surface area (Å²) in [6, 6.07) is 7.92. The van der Waals surface area contributed by atoms with Gasteiger partial charge >= 0.3 is 0 Å². The van der Waals surface area contributed by atoms with Crippen molar-refractivity contribution in [3.05, 3.63) is 29.8 Å². The van der Waals surface area contributed by atoms with Gasteiger partial charge in [0.2, 0.25) is 0 Å². The first-order chi connectivity index (χ1) is 12.2. The Labute approximate surface area is 157 Å². The Bertz CT molecular complexity index is 744. The molecule has 0 amide bonds. The van der Waals surface area contributed by atoms with Gasteiger partial charge < -0.3 is 15.0 Å². The van der Waals surface area contributed by atoms with Crippen molar-refractivity contribution >= 4 is 15.8 Å². The normalized spacial score (nSPS) is 20.5. The van der Waals surface area contributed by atoms with Crippen molar-refractivity contribution in [2.75, 3.05) is 31.9 Å². The molecule has 1 N–H and O–H groups in total. The zero-order valence-electron chi connectivity index (χ0n) is 16.4. The van der Waals surface area contributed by atoms with E-state index in [1.165, 1.54) is 0 Å². The summed E-state index contributed by atoms with van der Waals surface area (Å²) in [6.07, 6.45) is -0.0775. The lowest BCUT2D eigenvalue weighted by molar-refractivity contribution is 0.227. The summed E-state index contributed by atoms with van der Waals surface area (Å²) in [4.78, 5) is 6.72. The second-order valence-electron chi connectivity index (χ2n) is 7.39. The number of rotatable bonds is 5. The van der Waals surface area contributed by atoms with Gasteiger partial charge in [-0.05, 0) is 46.2 Å². The second-order valence-corrected chi connectivity index (χ2v) is 10.1. The third-order valence-electron chi connectivity index (χ3n) is 4.60. The highest BCUT2D eigenvalue weighted by molar-refractivity contribution is 7.92. The van der Waals surface area contributed by atoms with Gasteiger partial charge in [0.05, 0.1) is 17.0 Å². The van der Waals surface area contributed by atoms with Crippen LogP contribution in [0.25, 0.3) is 0 Å². The maximum atomic E-state index is 12.2. The number of para-hydroxylation sites is 1. The Morgan fingerprint density at radius 3 is 2.69 bits per heavy atom. The lowest BCUT2D eigenvalue weighted by Crippen LogP contribution is -2.57. The first-order valence-electron chi connectivity index (χ1n) is 9.14. The average molecular weight is 382 g/mol. The molecule has 0 aliphatic carbocycles. The van der Waals surface area contributed by atoms with Crippen LogP contribution in [0.4, 0.5) is 0 Å². The highest BCUT2D eigenvalue weighted by Gasteiger charge is 2.40. The van der Waals surface area contributed by atoms with E-state index in [2.05, 4.69) is 10.3 Å². The van der Waals surface area contributed by atoms with Crippen molar-refractivity contribution in [1.82, 2.24) is 10.2 Å². The number of ether oxygens (including phenoxy) is 1. The van der Waals surface area contributed by atoms with Crippen molar-refractivity contribution < 1.29 is 13.2 Å². The first kappa shape index (κ1) is 20.6. The molecule has 1 aromatic rings. The van der Waals surface area contributed by atoms with Gasteiger partial charge in [0.15, 0.2) is 15.8 Å². The largest absolute Gasteiger partial charge is 0.489 e. The zero-order valence-corrected chi connectivity index (χ0v) is 17.3. The molecule has 2 rings (SSSR count). The van der Waals surface area contributed by atoms with Gasteiger partial charge in [-0.15, -0.1) is 0 Å². The molecule has 1 unspecified atom stereocenters. The Kier molecular flexibility index (Phi) is 6.55. The van der Waals surface area contributed by atoms with Crippen LogP contribution < -0.4 is 10.1 Å². The van der Waals surface area contributed by atoms with Gasteiger partial charge in [-0.25, -0.2) is 13.4 Å². The van der Waals surface area contributed by atoms with Crippen LogP contribution in [0.3, 0.4) is 0 Å². The van der Waals surface area contributed by atoms with Gasteiger partial charge in [0, 0.05) is 19.6 Å². The van der Waals surface area contributed by atoms with Crippen molar-refractivity contribution in [3.63, 3.8) is 0 Å². The molecule has 0 saturated carbocycles. The molecule has 7 heteroatoms. The van der Waals surface area contributed by atoms with E-state index in [-0.39, 0.29) is 11.9 Å². The SMILES string of the molecule is CCNC(=NCC(C)Oc1ccccc1C)N1CCS(=O)(=O)C(C)(C)C1. The highest BCUT2D eigenvalue weighted by atomic mass is 32.2. The number of aliphatic imine (C=N–C) groups is 1. The monoisotopic (exact) mass is 381 g/mol.